The number of hydrogen-bond donors (Lipinski definition) is 2. The third-order valence-corrected chi connectivity index (χ3v) is 4.29. The fourth-order valence-corrected chi connectivity index (χ4v) is 2.97. The van der Waals surface area contributed by atoms with E-state index in [-0.39, 0.29) is 6.54 Å². The average Bonchev–Trinajstić information content (AvgIpc) is 2.38. The predicted molar refractivity (Wildman–Crippen MR) is 91.7 cm³/mol. The zero-order valence-electron chi connectivity index (χ0n) is 14.1. The first-order valence-electron chi connectivity index (χ1n) is 8.32. The summed E-state index contributed by atoms with van der Waals surface area (Å²) >= 11 is 0. The van der Waals surface area contributed by atoms with E-state index in [1.165, 1.54) is 32.1 Å². The van der Waals surface area contributed by atoms with Crippen LogP contribution < -0.4 is 0 Å². The van der Waals surface area contributed by atoms with Gasteiger partial charge in [0.25, 0.3) is 10.1 Å². The molecule has 5 nitrogen and oxygen atoms in total. The highest BCUT2D eigenvalue weighted by Crippen LogP contribution is 2.08. The molecule has 132 valence electrons. The molecule has 0 fully saturated rings. The van der Waals surface area contributed by atoms with Crippen molar-refractivity contribution < 1.29 is 18.1 Å². The predicted octanol–water partition coefficient (Wildman–Crippen LogP) is 2.86. The van der Waals surface area contributed by atoms with Crippen LogP contribution in [0.5, 0.6) is 0 Å². The van der Waals surface area contributed by atoms with Crippen LogP contribution in [0.2, 0.25) is 0 Å². The van der Waals surface area contributed by atoms with Crippen molar-refractivity contribution in [2.45, 2.75) is 64.4 Å². The lowest BCUT2D eigenvalue weighted by Crippen LogP contribution is -2.34. The minimum atomic E-state index is -4.09. The third kappa shape index (κ3) is 15.9. The summed E-state index contributed by atoms with van der Waals surface area (Å²) in [4.78, 5) is 1.91. The molecular formula is C16H33NO4S. The van der Waals surface area contributed by atoms with Crippen molar-refractivity contribution in [2.24, 2.45) is 0 Å². The number of aliphatic hydroxyl groups is 1. The summed E-state index contributed by atoms with van der Waals surface area (Å²) < 4.78 is 29.9. The number of unbranched alkanes of at least 4 members (excludes halogenated alkanes) is 6. The van der Waals surface area contributed by atoms with Gasteiger partial charge in [-0.15, -0.1) is 0 Å². The topological polar surface area (TPSA) is 77.8 Å². The lowest BCUT2D eigenvalue weighted by molar-refractivity contribution is 0.141. The normalized spacial score (nSPS) is 14.0. The summed E-state index contributed by atoms with van der Waals surface area (Å²) in [6.45, 7) is 3.25. The van der Waals surface area contributed by atoms with E-state index in [9.17, 15) is 13.5 Å². The monoisotopic (exact) mass is 335 g/mol. The van der Waals surface area contributed by atoms with E-state index < -0.39 is 22.0 Å². The molecular weight excluding hydrogens is 302 g/mol. The van der Waals surface area contributed by atoms with Crippen LogP contribution in [-0.2, 0) is 10.1 Å². The third-order valence-electron chi connectivity index (χ3n) is 3.49. The van der Waals surface area contributed by atoms with Crippen molar-refractivity contribution >= 4 is 10.1 Å². The van der Waals surface area contributed by atoms with Gasteiger partial charge in [-0.2, -0.15) is 8.42 Å². The zero-order chi connectivity index (χ0) is 16.8. The fraction of sp³-hybridized carbons (Fsp3) is 0.875. The van der Waals surface area contributed by atoms with Gasteiger partial charge in [0.15, 0.2) is 0 Å². The molecule has 0 spiro atoms. The molecule has 0 saturated heterocycles. The molecule has 1 atom stereocenters. The van der Waals surface area contributed by atoms with E-state index in [0.717, 1.165) is 25.8 Å². The lowest BCUT2D eigenvalue weighted by Gasteiger charge is -2.19. The maximum absolute atomic E-state index is 10.6. The van der Waals surface area contributed by atoms with Gasteiger partial charge in [-0.1, -0.05) is 44.8 Å². The molecule has 1 unspecified atom stereocenters. The van der Waals surface area contributed by atoms with Crippen LogP contribution in [0.4, 0.5) is 0 Å². The fourth-order valence-electron chi connectivity index (χ4n) is 2.38. The first kappa shape index (κ1) is 21.6. The Morgan fingerprint density at radius 2 is 1.64 bits per heavy atom. The van der Waals surface area contributed by atoms with Crippen molar-refractivity contribution in [3.8, 4) is 0 Å². The Balaban J connectivity index is 3.45. The Bertz CT molecular complexity index is 382. The molecule has 0 saturated carbocycles. The summed E-state index contributed by atoms with van der Waals surface area (Å²) in [5, 5.41) is 9.53. The van der Waals surface area contributed by atoms with E-state index in [2.05, 4.69) is 19.1 Å². The second-order valence-corrected chi connectivity index (χ2v) is 7.45. The van der Waals surface area contributed by atoms with Gasteiger partial charge >= 0.3 is 0 Å². The minimum Gasteiger partial charge on any atom is -0.391 e. The van der Waals surface area contributed by atoms with E-state index in [4.69, 9.17) is 4.55 Å². The molecule has 0 aromatic rings. The Labute approximate surface area is 136 Å². The van der Waals surface area contributed by atoms with Crippen LogP contribution in [0.25, 0.3) is 0 Å². The summed E-state index contributed by atoms with van der Waals surface area (Å²) in [6, 6.07) is 0. The van der Waals surface area contributed by atoms with Gasteiger partial charge in [-0.25, -0.2) is 0 Å². The molecule has 0 aromatic heterocycles. The largest absolute Gasteiger partial charge is 0.391 e. The average molecular weight is 336 g/mol. The smallest absolute Gasteiger partial charge is 0.267 e. The van der Waals surface area contributed by atoms with Gasteiger partial charge in [-0.3, -0.25) is 4.55 Å². The molecule has 0 aliphatic rings. The second kappa shape index (κ2) is 13.0. The second-order valence-electron chi connectivity index (χ2n) is 5.95. The molecule has 0 radical (unpaired) electrons. The Hall–Kier alpha value is -0.430. The number of hydrogen-bond acceptors (Lipinski definition) is 4. The number of aliphatic hydroxyl groups excluding tert-OH is 1. The Morgan fingerprint density at radius 1 is 1.05 bits per heavy atom. The number of rotatable bonds is 14. The minimum absolute atomic E-state index is 0.267. The summed E-state index contributed by atoms with van der Waals surface area (Å²) in [5.41, 5.74) is 0. The molecule has 22 heavy (non-hydrogen) atoms. The molecule has 0 aliphatic heterocycles. The summed E-state index contributed by atoms with van der Waals surface area (Å²) in [5.74, 6) is -0.593. The van der Waals surface area contributed by atoms with Gasteiger partial charge in [-0.05, 0) is 39.3 Å². The SMILES string of the molecule is CC/C=C/CCCCCCCCN(C)CC(O)CS(=O)(=O)O. The molecule has 0 rings (SSSR count). The van der Waals surface area contributed by atoms with Gasteiger partial charge in [0.1, 0.15) is 5.75 Å². The van der Waals surface area contributed by atoms with E-state index >= 15 is 0 Å². The number of allylic oxidation sites excluding steroid dienone is 2. The van der Waals surface area contributed by atoms with E-state index in [1.807, 2.05) is 11.9 Å². The van der Waals surface area contributed by atoms with E-state index in [0.29, 0.717) is 0 Å². The van der Waals surface area contributed by atoms with Crippen LogP contribution in [0.15, 0.2) is 12.2 Å². The first-order valence-corrected chi connectivity index (χ1v) is 9.93. The van der Waals surface area contributed by atoms with Crippen molar-refractivity contribution in [3.63, 3.8) is 0 Å². The van der Waals surface area contributed by atoms with Crippen molar-refractivity contribution in [3.05, 3.63) is 12.2 Å². The first-order chi connectivity index (χ1) is 10.3. The summed E-state index contributed by atoms with van der Waals surface area (Å²) in [7, 11) is -2.24. The standard InChI is InChI=1S/C16H33NO4S/c1-3-4-5-6-7-8-9-10-11-12-13-17(2)14-16(18)15-22(19,20)21/h4-5,16,18H,3,6-15H2,1-2H3,(H,19,20,21)/b5-4+. The summed E-state index contributed by atoms with van der Waals surface area (Å²) in [6.07, 6.45) is 13.0. The lowest BCUT2D eigenvalue weighted by atomic mass is 10.1. The number of nitrogens with zero attached hydrogens (tertiary/aromatic N) is 1. The zero-order valence-corrected chi connectivity index (χ0v) is 14.9. The molecule has 2 N–H and O–H groups in total. The highest BCUT2D eigenvalue weighted by Gasteiger charge is 2.15. The van der Waals surface area contributed by atoms with Crippen molar-refractivity contribution in [2.75, 3.05) is 25.9 Å². The number of likely N-dealkylation sites (N-methyl/N-ethyl adjacent to an activating group) is 1. The molecule has 0 amide bonds. The van der Waals surface area contributed by atoms with Gasteiger partial charge in [0.2, 0.25) is 0 Å². The van der Waals surface area contributed by atoms with Gasteiger partial charge in [0, 0.05) is 6.54 Å². The van der Waals surface area contributed by atoms with Crippen LogP contribution in [0, 0.1) is 0 Å². The van der Waals surface area contributed by atoms with Crippen LogP contribution in [0.3, 0.4) is 0 Å². The van der Waals surface area contributed by atoms with Crippen molar-refractivity contribution in [1.29, 1.82) is 0 Å². The molecule has 0 bridgehead atoms. The van der Waals surface area contributed by atoms with Gasteiger partial charge < -0.3 is 10.0 Å². The molecule has 6 heteroatoms. The molecule has 0 aromatic carbocycles. The highest BCUT2D eigenvalue weighted by atomic mass is 32.2. The Morgan fingerprint density at radius 3 is 2.23 bits per heavy atom. The quantitative estimate of drug-likeness (QED) is 0.290. The Kier molecular flexibility index (Phi) is 12.8. The van der Waals surface area contributed by atoms with E-state index in [1.54, 1.807) is 0 Å². The molecule has 0 heterocycles. The maximum Gasteiger partial charge on any atom is 0.267 e. The van der Waals surface area contributed by atoms with Crippen LogP contribution in [-0.4, -0.2) is 55.0 Å². The van der Waals surface area contributed by atoms with Crippen LogP contribution >= 0.6 is 0 Å². The van der Waals surface area contributed by atoms with Gasteiger partial charge in [0.05, 0.1) is 6.10 Å². The maximum atomic E-state index is 10.6. The molecule has 0 aliphatic carbocycles. The van der Waals surface area contributed by atoms with Crippen molar-refractivity contribution in [1.82, 2.24) is 4.90 Å². The van der Waals surface area contributed by atoms with Crippen LogP contribution in [0.1, 0.15) is 58.3 Å². The highest BCUT2D eigenvalue weighted by molar-refractivity contribution is 7.85.